The highest BCUT2D eigenvalue weighted by Crippen LogP contribution is 2.47. The van der Waals surface area contributed by atoms with Crippen LogP contribution in [0.3, 0.4) is 0 Å². The summed E-state index contributed by atoms with van der Waals surface area (Å²) < 4.78 is 8.00. The lowest BCUT2D eigenvalue weighted by atomic mass is 10.2. The van der Waals surface area contributed by atoms with E-state index in [0.29, 0.717) is 23.8 Å². The number of aromatic amines is 1. The van der Waals surface area contributed by atoms with E-state index in [-0.39, 0.29) is 17.7 Å². The van der Waals surface area contributed by atoms with Gasteiger partial charge in [-0.1, -0.05) is 0 Å². The minimum atomic E-state index is 0.0476. The number of carbonyl (C=O) groups excluding carboxylic acids is 1. The van der Waals surface area contributed by atoms with Crippen LogP contribution in [0.15, 0.2) is 22.8 Å². The summed E-state index contributed by atoms with van der Waals surface area (Å²) in [5.41, 5.74) is 0. The van der Waals surface area contributed by atoms with Crippen LogP contribution in [0.1, 0.15) is 42.7 Å². The molecule has 2 aliphatic rings. The Morgan fingerprint density at radius 3 is 3.14 bits per heavy atom. The Kier molecular flexibility index (Phi) is 3.37. The maximum Gasteiger partial charge on any atom is 0.223 e. The number of hydrogen-bond acceptors (Lipinski definition) is 4. The predicted octanol–water partition coefficient (Wildman–Crippen LogP) is 2.33. The van der Waals surface area contributed by atoms with Gasteiger partial charge in [-0.25, -0.2) is 0 Å². The van der Waals surface area contributed by atoms with Gasteiger partial charge in [-0.3, -0.25) is 9.89 Å². The SMILES string of the molecule is O=C(NCCn1c(C2CC2)n[nH]c1=S)[C@@H]1C[C@@H]1c1ccco1. The summed E-state index contributed by atoms with van der Waals surface area (Å²) in [7, 11) is 0. The van der Waals surface area contributed by atoms with Gasteiger partial charge < -0.3 is 14.3 Å². The number of hydrogen-bond donors (Lipinski definition) is 2. The van der Waals surface area contributed by atoms with E-state index in [1.807, 2.05) is 16.7 Å². The van der Waals surface area contributed by atoms with E-state index in [0.717, 1.165) is 18.0 Å². The van der Waals surface area contributed by atoms with Crippen molar-refractivity contribution in [2.75, 3.05) is 6.54 Å². The van der Waals surface area contributed by atoms with Crippen LogP contribution in [0.2, 0.25) is 0 Å². The van der Waals surface area contributed by atoms with Crippen LogP contribution in [0, 0.1) is 10.7 Å². The average molecular weight is 318 g/mol. The highest BCUT2D eigenvalue weighted by atomic mass is 32.1. The van der Waals surface area contributed by atoms with Gasteiger partial charge in [0.1, 0.15) is 11.6 Å². The molecule has 0 saturated heterocycles. The Bertz CT molecular complexity index is 729. The topological polar surface area (TPSA) is 75.8 Å². The van der Waals surface area contributed by atoms with Gasteiger partial charge in [0, 0.05) is 30.8 Å². The summed E-state index contributed by atoms with van der Waals surface area (Å²) in [6, 6.07) is 3.80. The van der Waals surface area contributed by atoms with Crippen LogP contribution in [0.4, 0.5) is 0 Å². The maximum atomic E-state index is 12.1. The summed E-state index contributed by atoms with van der Waals surface area (Å²) in [4.78, 5) is 12.1. The second kappa shape index (κ2) is 5.39. The van der Waals surface area contributed by atoms with Crippen LogP contribution >= 0.6 is 12.2 Å². The minimum Gasteiger partial charge on any atom is -0.469 e. The molecule has 2 fully saturated rings. The van der Waals surface area contributed by atoms with Crippen LogP contribution < -0.4 is 5.32 Å². The molecule has 4 rings (SSSR count). The standard InChI is InChI=1S/C15H18N4O2S/c20-14(11-8-10(11)12-2-1-7-21-12)16-5-6-19-13(9-3-4-9)17-18-15(19)22/h1-2,7,9-11H,3-6,8H2,(H,16,20)(H,18,22)/t10-,11+/m0/s1. The molecule has 1 amide bonds. The Morgan fingerprint density at radius 1 is 1.55 bits per heavy atom. The molecule has 22 heavy (non-hydrogen) atoms. The van der Waals surface area contributed by atoms with Gasteiger partial charge in [-0.15, -0.1) is 0 Å². The molecule has 0 radical (unpaired) electrons. The Hall–Kier alpha value is -1.89. The van der Waals surface area contributed by atoms with E-state index < -0.39 is 0 Å². The number of furan rings is 1. The first-order chi connectivity index (χ1) is 10.7. The fraction of sp³-hybridized carbons (Fsp3) is 0.533. The lowest BCUT2D eigenvalue weighted by Crippen LogP contribution is -2.29. The monoisotopic (exact) mass is 318 g/mol. The summed E-state index contributed by atoms with van der Waals surface area (Å²) in [6.45, 7) is 1.25. The first-order valence-electron chi connectivity index (χ1n) is 7.70. The molecular weight excluding hydrogens is 300 g/mol. The number of nitrogens with one attached hydrogen (secondary N) is 2. The fourth-order valence-corrected chi connectivity index (χ4v) is 3.15. The normalized spacial score (nSPS) is 23.5. The lowest BCUT2D eigenvalue weighted by molar-refractivity contribution is -0.122. The number of H-pyrrole nitrogens is 1. The third kappa shape index (κ3) is 2.61. The molecule has 2 aliphatic carbocycles. The van der Waals surface area contributed by atoms with Crippen molar-refractivity contribution in [3.8, 4) is 0 Å². The largest absolute Gasteiger partial charge is 0.469 e. The van der Waals surface area contributed by atoms with E-state index in [1.165, 1.54) is 12.8 Å². The van der Waals surface area contributed by atoms with Crippen molar-refractivity contribution in [2.45, 2.75) is 37.6 Å². The highest BCUT2D eigenvalue weighted by molar-refractivity contribution is 7.71. The third-order valence-corrected chi connectivity index (χ3v) is 4.71. The van der Waals surface area contributed by atoms with Gasteiger partial charge in [0.25, 0.3) is 0 Å². The average Bonchev–Trinajstić information content (AvgIpc) is 3.43. The molecule has 0 aliphatic heterocycles. The minimum absolute atomic E-state index is 0.0476. The van der Waals surface area contributed by atoms with Crippen molar-refractivity contribution in [3.05, 3.63) is 34.8 Å². The number of aromatic nitrogens is 3. The van der Waals surface area contributed by atoms with Crippen molar-refractivity contribution in [1.29, 1.82) is 0 Å². The molecule has 2 atom stereocenters. The van der Waals surface area contributed by atoms with E-state index in [9.17, 15) is 4.79 Å². The number of nitrogens with zero attached hydrogens (tertiary/aromatic N) is 2. The molecule has 2 heterocycles. The first kappa shape index (κ1) is 13.8. The zero-order valence-corrected chi connectivity index (χ0v) is 12.9. The van der Waals surface area contributed by atoms with Crippen molar-refractivity contribution < 1.29 is 9.21 Å². The number of amides is 1. The van der Waals surface area contributed by atoms with Crippen molar-refractivity contribution in [2.24, 2.45) is 5.92 Å². The summed E-state index contributed by atoms with van der Waals surface area (Å²) in [6.07, 6.45) is 4.89. The molecule has 7 heteroatoms. The second-order valence-electron chi connectivity index (χ2n) is 6.07. The molecule has 116 valence electrons. The summed E-state index contributed by atoms with van der Waals surface area (Å²) >= 11 is 5.26. The van der Waals surface area contributed by atoms with Crippen molar-refractivity contribution in [1.82, 2.24) is 20.1 Å². The van der Waals surface area contributed by atoms with Crippen LogP contribution in [0.5, 0.6) is 0 Å². The van der Waals surface area contributed by atoms with E-state index in [2.05, 4.69) is 15.5 Å². The van der Waals surface area contributed by atoms with E-state index >= 15 is 0 Å². The summed E-state index contributed by atoms with van der Waals surface area (Å²) in [5, 5.41) is 10.1. The molecule has 2 aromatic heterocycles. The molecule has 2 aromatic rings. The first-order valence-corrected chi connectivity index (χ1v) is 8.11. The molecule has 2 saturated carbocycles. The van der Waals surface area contributed by atoms with Crippen LogP contribution in [0.25, 0.3) is 0 Å². The summed E-state index contributed by atoms with van der Waals surface area (Å²) in [5.74, 6) is 2.87. The van der Waals surface area contributed by atoms with Crippen LogP contribution in [-0.2, 0) is 11.3 Å². The van der Waals surface area contributed by atoms with Gasteiger partial charge in [0.05, 0.1) is 6.26 Å². The van der Waals surface area contributed by atoms with E-state index in [1.54, 1.807) is 6.26 Å². The van der Waals surface area contributed by atoms with Crippen LogP contribution in [-0.4, -0.2) is 27.2 Å². The maximum absolute atomic E-state index is 12.1. The predicted molar refractivity (Wildman–Crippen MR) is 82.0 cm³/mol. The fourth-order valence-electron chi connectivity index (χ4n) is 2.92. The molecular formula is C15H18N4O2S. The number of rotatable bonds is 6. The van der Waals surface area contributed by atoms with Gasteiger partial charge in [-0.2, -0.15) is 5.10 Å². The Balaban J connectivity index is 1.30. The van der Waals surface area contributed by atoms with Crippen molar-refractivity contribution in [3.63, 3.8) is 0 Å². The smallest absolute Gasteiger partial charge is 0.223 e. The zero-order chi connectivity index (χ0) is 15.1. The molecule has 0 spiro atoms. The van der Waals surface area contributed by atoms with Gasteiger partial charge in [0.2, 0.25) is 5.91 Å². The highest BCUT2D eigenvalue weighted by Gasteiger charge is 2.45. The van der Waals surface area contributed by atoms with Gasteiger partial charge in [0.15, 0.2) is 4.77 Å². The molecule has 0 aromatic carbocycles. The molecule has 0 unspecified atom stereocenters. The quantitative estimate of drug-likeness (QED) is 0.802. The molecule has 2 N–H and O–H groups in total. The van der Waals surface area contributed by atoms with Gasteiger partial charge >= 0.3 is 0 Å². The molecule has 6 nitrogen and oxygen atoms in total. The van der Waals surface area contributed by atoms with E-state index in [4.69, 9.17) is 16.6 Å². The second-order valence-corrected chi connectivity index (χ2v) is 6.45. The Labute approximate surface area is 132 Å². The third-order valence-electron chi connectivity index (χ3n) is 4.40. The lowest BCUT2D eigenvalue weighted by Gasteiger charge is -2.07. The van der Waals surface area contributed by atoms with Gasteiger partial charge in [-0.05, 0) is 43.6 Å². The molecule has 0 bridgehead atoms. The zero-order valence-electron chi connectivity index (χ0n) is 12.1. The Morgan fingerprint density at radius 2 is 2.41 bits per heavy atom. The number of carbonyl (C=O) groups is 1. The van der Waals surface area contributed by atoms with Crippen molar-refractivity contribution >= 4 is 18.1 Å².